The molecule has 8 heteroatoms. The number of nitrogens with zero attached hydrogens (tertiary/aromatic N) is 4. The minimum Gasteiger partial charge on any atom is -0.480 e. The van der Waals surface area contributed by atoms with Gasteiger partial charge < -0.3 is 10.0 Å². The van der Waals surface area contributed by atoms with Crippen LogP contribution in [0.5, 0.6) is 0 Å². The smallest absolute Gasteiger partial charge is 0.346 e. The highest BCUT2D eigenvalue weighted by molar-refractivity contribution is 5.81. The summed E-state index contributed by atoms with van der Waals surface area (Å²) in [5, 5.41) is 12.9. The Hall–Kier alpha value is -2.12. The normalized spacial score (nSPS) is 11.4. The van der Waals surface area contributed by atoms with Gasteiger partial charge in [0.1, 0.15) is 5.54 Å². The van der Waals surface area contributed by atoms with E-state index in [-0.39, 0.29) is 5.82 Å². The number of carbonyl (C=O) groups is 1. The van der Waals surface area contributed by atoms with E-state index in [2.05, 4.69) is 5.10 Å². The van der Waals surface area contributed by atoms with Crippen molar-refractivity contribution in [2.24, 2.45) is 14.1 Å². The quantitative estimate of drug-likeness (QED) is 0.728. The van der Waals surface area contributed by atoms with Gasteiger partial charge in [0.05, 0.1) is 0 Å². The van der Waals surface area contributed by atoms with Crippen LogP contribution < -0.4 is 16.1 Å². The van der Waals surface area contributed by atoms with Crippen molar-refractivity contribution in [2.45, 2.75) is 19.4 Å². The molecule has 18 heavy (non-hydrogen) atoms. The van der Waals surface area contributed by atoms with Crippen LogP contribution in [0.3, 0.4) is 0 Å². The van der Waals surface area contributed by atoms with Crippen molar-refractivity contribution in [3.8, 4) is 0 Å². The Morgan fingerprint density at radius 1 is 1.33 bits per heavy atom. The molecular formula is C10H16N4O4. The second-order valence-electron chi connectivity index (χ2n) is 4.52. The predicted octanol–water partition coefficient (Wildman–Crippen LogP) is -1.22. The molecule has 1 heterocycles. The summed E-state index contributed by atoms with van der Waals surface area (Å²) in [6.07, 6.45) is 0. The number of rotatable bonds is 3. The van der Waals surface area contributed by atoms with E-state index in [1.165, 1.54) is 39.9 Å². The van der Waals surface area contributed by atoms with Crippen LogP contribution in [0.25, 0.3) is 0 Å². The Labute approximate surface area is 103 Å². The molecule has 1 rings (SSSR count). The molecule has 1 N–H and O–H groups in total. The molecule has 0 saturated carbocycles. The molecule has 0 aromatic carbocycles. The number of carboxylic acids is 1. The van der Waals surface area contributed by atoms with Crippen LogP contribution in [0.2, 0.25) is 0 Å². The molecule has 0 fully saturated rings. The molecule has 1 aromatic rings. The van der Waals surface area contributed by atoms with E-state index < -0.39 is 22.8 Å². The van der Waals surface area contributed by atoms with Gasteiger partial charge in [-0.25, -0.2) is 14.3 Å². The fourth-order valence-corrected chi connectivity index (χ4v) is 1.30. The van der Waals surface area contributed by atoms with Crippen molar-refractivity contribution in [1.82, 2.24) is 14.3 Å². The van der Waals surface area contributed by atoms with Gasteiger partial charge in [-0.1, -0.05) is 0 Å². The molecule has 1 aromatic heterocycles. The highest BCUT2D eigenvalue weighted by Crippen LogP contribution is 2.16. The SMILES string of the molecule is CN(c1nn(C)c(=O)n(C)c1=O)C(C)(C)C(=O)O. The van der Waals surface area contributed by atoms with Crippen molar-refractivity contribution in [3.63, 3.8) is 0 Å². The molecule has 100 valence electrons. The first-order valence-corrected chi connectivity index (χ1v) is 5.22. The number of aromatic nitrogens is 3. The zero-order valence-corrected chi connectivity index (χ0v) is 11.0. The van der Waals surface area contributed by atoms with E-state index in [9.17, 15) is 14.4 Å². The fourth-order valence-electron chi connectivity index (χ4n) is 1.30. The standard InChI is InChI=1S/C10H16N4O4/c1-10(2,8(16)17)13(4)6-7(15)12(3)9(18)14(5)11-6/h1-5H3,(H,16,17). The highest BCUT2D eigenvalue weighted by Gasteiger charge is 2.35. The Morgan fingerprint density at radius 2 is 1.83 bits per heavy atom. The van der Waals surface area contributed by atoms with Gasteiger partial charge in [-0.05, 0) is 13.8 Å². The molecule has 0 radical (unpaired) electrons. The molecule has 8 nitrogen and oxygen atoms in total. The van der Waals surface area contributed by atoms with Gasteiger partial charge in [-0.15, -0.1) is 5.10 Å². The molecule has 0 spiro atoms. The van der Waals surface area contributed by atoms with Gasteiger partial charge in [-0.3, -0.25) is 9.36 Å². The van der Waals surface area contributed by atoms with Crippen LogP contribution in [0.1, 0.15) is 13.8 Å². The number of carboxylic acid groups (broad SMARTS) is 1. The van der Waals surface area contributed by atoms with Crippen molar-refractivity contribution in [3.05, 3.63) is 20.8 Å². The maximum absolute atomic E-state index is 11.9. The van der Waals surface area contributed by atoms with Crippen LogP contribution in [-0.2, 0) is 18.9 Å². The summed E-state index contributed by atoms with van der Waals surface area (Å²) in [6, 6.07) is 0. The van der Waals surface area contributed by atoms with Gasteiger partial charge in [0.25, 0.3) is 5.56 Å². The summed E-state index contributed by atoms with van der Waals surface area (Å²) < 4.78 is 1.88. The Balaban J connectivity index is 3.50. The molecule has 0 saturated heterocycles. The molecule has 0 atom stereocenters. The van der Waals surface area contributed by atoms with Crippen molar-refractivity contribution in [2.75, 3.05) is 11.9 Å². The topological polar surface area (TPSA) is 97.4 Å². The number of aryl methyl sites for hydroxylation is 1. The lowest BCUT2D eigenvalue weighted by Crippen LogP contribution is -2.52. The first-order chi connectivity index (χ1) is 8.10. The first-order valence-electron chi connectivity index (χ1n) is 5.22. The van der Waals surface area contributed by atoms with Crippen molar-refractivity contribution < 1.29 is 9.90 Å². The summed E-state index contributed by atoms with van der Waals surface area (Å²) >= 11 is 0. The van der Waals surface area contributed by atoms with E-state index in [1.54, 1.807) is 0 Å². The fraction of sp³-hybridized carbons (Fsp3) is 0.600. The van der Waals surface area contributed by atoms with Crippen LogP contribution in [0.15, 0.2) is 9.59 Å². The molecule has 0 amide bonds. The molecule has 0 aliphatic heterocycles. The zero-order chi connectivity index (χ0) is 14.2. The van der Waals surface area contributed by atoms with E-state index >= 15 is 0 Å². The van der Waals surface area contributed by atoms with Crippen LogP contribution >= 0.6 is 0 Å². The third-order valence-corrected chi connectivity index (χ3v) is 2.98. The van der Waals surface area contributed by atoms with Gasteiger partial charge in [0.2, 0.25) is 5.82 Å². The monoisotopic (exact) mass is 256 g/mol. The van der Waals surface area contributed by atoms with E-state index in [0.717, 1.165) is 9.25 Å². The Bertz CT molecular complexity index is 599. The lowest BCUT2D eigenvalue weighted by atomic mass is 10.0. The Kier molecular flexibility index (Phi) is 3.32. The molecule has 0 aliphatic carbocycles. The predicted molar refractivity (Wildman–Crippen MR) is 64.8 cm³/mol. The zero-order valence-electron chi connectivity index (χ0n) is 11.0. The number of hydrogen-bond acceptors (Lipinski definition) is 5. The maximum atomic E-state index is 11.9. The van der Waals surface area contributed by atoms with E-state index in [0.29, 0.717) is 0 Å². The lowest BCUT2D eigenvalue weighted by molar-refractivity contribution is -0.142. The van der Waals surface area contributed by atoms with Crippen molar-refractivity contribution in [1.29, 1.82) is 0 Å². The highest BCUT2D eigenvalue weighted by atomic mass is 16.4. The summed E-state index contributed by atoms with van der Waals surface area (Å²) in [4.78, 5) is 35.8. The summed E-state index contributed by atoms with van der Waals surface area (Å²) in [5.74, 6) is -1.19. The molecular weight excluding hydrogens is 240 g/mol. The number of aliphatic carboxylic acids is 1. The average Bonchev–Trinajstić information content (AvgIpc) is 2.30. The average molecular weight is 256 g/mol. The summed E-state index contributed by atoms with van der Waals surface area (Å²) in [7, 11) is 4.16. The Morgan fingerprint density at radius 3 is 2.28 bits per heavy atom. The van der Waals surface area contributed by atoms with Gasteiger partial charge >= 0.3 is 11.7 Å². The summed E-state index contributed by atoms with van der Waals surface area (Å²) in [6.45, 7) is 2.89. The largest absolute Gasteiger partial charge is 0.480 e. The second kappa shape index (κ2) is 4.28. The minimum absolute atomic E-state index is 0.0907. The molecule has 0 bridgehead atoms. The second-order valence-corrected chi connectivity index (χ2v) is 4.52. The van der Waals surface area contributed by atoms with E-state index in [1.807, 2.05) is 0 Å². The molecule has 0 unspecified atom stereocenters. The first kappa shape index (κ1) is 13.9. The lowest BCUT2D eigenvalue weighted by Gasteiger charge is -2.31. The van der Waals surface area contributed by atoms with E-state index in [4.69, 9.17) is 5.11 Å². The van der Waals surface area contributed by atoms with Gasteiger partial charge in [-0.2, -0.15) is 0 Å². The van der Waals surface area contributed by atoms with Gasteiger partial charge in [0, 0.05) is 21.1 Å². The number of hydrogen-bond donors (Lipinski definition) is 1. The minimum atomic E-state index is -1.31. The summed E-state index contributed by atoms with van der Waals surface area (Å²) in [5.41, 5.74) is -2.50. The van der Waals surface area contributed by atoms with Crippen LogP contribution in [-0.4, -0.2) is 38.0 Å². The van der Waals surface area contributed by atoms with Gasteiger partial charge in [0.15, 0.2) is 0 Å². The van der Waals surface area contributed by atoms with Crippen LogP contribution in [0, 0.1) is 0 Å². The number of anilines is 1. The third-order valence-electron chi connectivity index (χ3n) is 2.98. The van der Waals surface area contributed by atoms with Crippen molar-refractivity contribution >= 4 is 11.8 Å². The molecule has 0 aliphatic rings. The van der Waals surface area contributed by atoms with Crippen LogP contribution in [0.4, 0.5) is 5.82 Å². The third kappa shape index (κ3) is 2.01. The number of likely N-dealkylation sites (N-methyl/N-ethyl adjacent to an activating group) is 1. The maximum Gasteiger partial charge on any atom is 0.346 e.